The Kier molecular flexibility index (Phi) is 6.44. The summed E-state index contributed by atoms with van der Waals surface area (Å²) in [5, 5.41) is 34.2. The van der Waals surface area contributed by atoms with Crippen molar-refractivity contribution in [2.75, 3.05) is 6.61 Å². The lowest BCUT2D eigenvalue weighted by atomic mass is 9.59. The number of allylic oxidation sites excluding steroid dienone is 1. The van der Waals surface area contributed by atoms with Gasteiger partial charge in [0.1, 0.15) is 6.10 Å². The summed E-state index contributed by atoms with van der Waals surface area (Å²) in [6, 6.07) is 0. The number of carbonyl (C=O) groups excluding carboxylic acids is 2. The molecule has 4 rings (SSSR count). The fourth-order valence-corrected chi connectivity index (χ4v) is 7.88. The molecule has 0 unspecified atom stereocenters. The molecule has 190 valence electrons. The first-order valence-electron chi connectivity index (χ1n) is 13.1. The summed E-state index contributed by atoms with van der Waals surface area (Å²) in [4.78, 5) is 27.6. The molecule has 34 heavy (non-hydrogen) atoms. The molecule has 2 bridgehead atoms. The van der Waals surface area contributed by atoms with Crippen LogP contribution < -0.4 is 0 Å². The van der Waals surface area contributed by atoms with Crippen molar-refractivity contribution in [1.82, 2.24) is 0 Å². The number of hydrogen-bond donors (Lipinski definition) is 3. The Hall–Kier alpha value is -1.50. The lowest BCUT2D eigenvalue weighted by Gasteiger charge is -2.49. The van der Waals surface area contributed by atoms with E-state index in [-0.39, 0.29) is 34.5 Å². The van der Waals surface area contributed by atoms with Gasteiger partial charge in [-0.1, -0.05) is 59.6 Å². The standard InChI is InChI=1S/C28H42O6/c1-7-9-17(10-8-2)25(32)34-24-15(3)13-27-16(4)11-20-21(26(20,5)6)19(23(27)31)12-18(14-29)22(30)28(24,27)33/h12-13,16-17,19-22,24,29-30,33H,7-11,14H2,1-6H3/t16-,19+,20-,21+,22-,24+,27+,28+/m1/s1. The van der Waals surface area contributed by atoms with Crippen molar-refractivity contribution < 1.29 is 29.6 Å². The summed E-state index contributed by atoms with van der Waals surface area (Å²) in [7, 11) is 0. The predicted molar refractivity (Wildman–Crippen MR) is 129 cm³/mol. The predicted octanol–water partition coefficient (Wildman–Crippen LogP) is 3.58. The molecule has 6 heteroatoms. The minimum atomic E-state index is -2.06. The van der Waals surface area contributed by atoms with Gasteiger partial charge in [-0.25, -0.2) is 0 Å². The summed E-state index contributed by atoms with van der Waals surface area (Å²) in [6.45, 7) is 11.6. The van der Waals surface area contributed by atoms with Crippen molar-refractivity contribution >= 4 is 11.8 Å². The van der Waals surface area contributed by atoms with E-state index < -0.39 is 41.7 Å². The van der Waals surface area contributed by atoms with Crippen LogP contribution in [0.2, 0.25) is 0 Å². The second-order valence-electron chi connectivity index (χ2n) is 12.0. The molecular formula is C28H42O6. The van der Waals surface area contributed by atoms with E-state index in [9.17, 15) is 24.9 Å². The van der Waals surface area contributed by atoms with Gasteiger partial charge in [-0.3, -0.25) is 9.59 Å². The van der Waals surface area contributed by atoms with Gasteiger partial charge in [0.15, 0.2) is 17.5 Å². The van der Waals surface area contributed by atoms with Crippen LogP contribution in [0.3, 0.4) is 0 Å². The number of aliphatic hydroxyl groups is 3. The largest absolute Gasteiger partial charge is 0.454 e. The third kappa shape index (κ3) is 3.24. The van der Waals surface area contributed by atoms with Crippen LogP contribution >= 0.6 is 0 Å². The SMILES string of the molecule is CCCC(CCC)C(=O)O[C@H]1C(C)=C[C@]23C(=O)[C@@H](C=C(CO)[C@@H](O)[C@]12O)[C@H]1[C@@H](C[C@H]3C)C1(C)C. The number of ether oxygens (including phenoxy) is 1. The maximum atomic E-state index is 14.3. The van der Waals surface area contributed by atoms with Gasteiger partial charge in [-0.05, 0) is 60.5 Å². The maximum absolute atomic E-state index is 14.3. The fourth-order valence-electron chi connectivity index (χ4n) is 7.88. The Morgan fingerprint density at radius 3 is 2.41 bits per heavy atom. The van der Waals surface area contributed by atoms with E-state index >= 15 is 0 Å². The second-order valence-corrected chi connectivity index (χ2v) is 12.0. The third-order valence-corrected chi connectivity index (χ3v) is 9.74. The number of hydrogen-bond acceptors (Lipinski definition) is 6. The van der Waals surface area contributed by atoms with Crippen LogP contribution in [0.4, 0.5) is 0 Å². The molecular weight excluding hydrogens is 432 g/mol. The molecule has 2 saturated carbocycles. The van der Waals surface area contributed by atoms with Gasteiger partial charge < -0.3 is 20.1 Å². The number of aliphatic hydroxyl groups excluding tert-OH is 2. The van der Waals surface area contributed by atoms with Crippen molar-refractivity contribution in [3.63, 3.8) is 0 Å². The van der Waals surface area contributed by atoms with Gasteiger partial charge in [0.25, 0.3) is 0 Å². The first-order valence-corrected chi connectivity index (χ1v) is 13.1. The number of carbonyl (C=O) groups is 2. The van der Waals surface area contributed by atoms with Crippen LogP contribution in [-0.2, 0) is 14.3 Å². The van der Waals surface area contributed by atoms with E-state index in [4.69, 9.17) is 4.74 Å². The molecule has 1 spiro atoms. The minimum Gasteiger partial charge on any atom is -0.454 e. The maximum Gasteiger partial charge on any atom is 0.309 e. The van der Waals surface area contributed by atoms with Gasteiger partial charge in [0.2, 0.25) is 0 Å². The van der Waals surface area contributed by atoms with E-state index in [2.05, 4.69) is 13.8 Å². The lowest BCUT2D eigenvalue weighted by molar-refractivity contribution is -0.205. The summed E-state index contributed by atoms with van der Waals surface area (Å²) < 4.78 is 6.01. The molecule has 0 aliphatic heterocycles. The second kappa shape index (κ2) is 8.56. The molecule has 0 heterocycles. The van der Waals surface area contributed by atoms with Crippen LogP contribution in [0.15, 0.2) is 23.3 Å². The minimum absolute atomic E-state index is 0.0164. The highest BCUT2D eigenvalue weighted by Crippen LogP contribution is 2.71. The zero-order valence-electron chi connectivity index (χ0n) is 21.5. The number of rotatable bonds is 7. The molecule has 0 aromatic rings. The van der Waals surface area contributed by atoms with E-state index in [1.807, 2.05) is 20.8 Å². The molecule has 0 saturated heterocycles. The van der Waals surface area contributed by atoms with Gasteiger partial charge >= 0.3 is 5.97 Å². The number of esters is 1. The highest BCUT2D eigenvalue weighted by Gasteiger charge is 2.76. The van der Waals surface area contributed by atoms with Gasteiger partial charge in [-0.15, -0.1) is 0 Å². The average molecular weight is 475 g/mol. The van der Waals surface area contributed by atoms with Crippen molar-refractivity contribution in [3.05, 3.63) is 23.3 Å². The molecule has 4 aliphatic rings. The molecule has 0 amide bonds. The number of ketones is 1. The first-order chi connectivity index (χ1) is 15.9. The Bertz CT molecular complexity index is 912. The third-order valence-electron chi connectivity index (χ3n) is 9.74. The van der Waals surface area contributed by atoms with Gasteiger partial charge in [-0.2, -0.15) is 0 Å². The highest BCUT2D eigenvalue weighted by atomic mass is 16.6. The van der Waals surface area contributed by atoms with Crippen LogP contribution in [0.25, 0.3) is 0 Å². The van der Waals surface area contributed by atoms with Crippen molar-refractivity contribution in [1.29, 1.82) is 0 Å². The molecule has 3 N–H and O–H groups in total. The zero-order chi connectivity index (χ0) is 25.2. The topological polar surface area (TPSA) is 104 Å². The highest BCUT2D eigenvalue weighted by molar-refractivity contribution is 5.95. The monoisotopic (exact) mass is 474 g/mol. The molecule has 6 nitrogen and oxygen atoms in total. The Labute approximate surface area is 203 Å². The summed E-state index contributed by atoms with van der Waals surface area (Å²) in [6.07, 6.45) is 4.62. The molecule has 0 aromatic heterocycles. The number of Topliss-reactive ketones (excluding diaryl/α,β-unsaturated/α-hetero) is 1. The van der Waals surface area contributed by atoms with Crippen LogP contribution in [0.1, 0.15) is 73.6 Å². The first kappa shape index (κ1) is 25.6. The van der Waals surface area contributed by atoms with E-state index in [1.165, 1.54) is 0 Å². The Morgan fingerprint density at radius 2 is 1.85 bits per heavy atom. The van der Waals surface area contributed by atoms with Crippen molar-refractivity contribution in [2.45, 2.75) is 91.5 Å². The van der Waals surface area contributed by atoms with Crippen LogP contribution in [0, 0.1) is 40.4 Å². The van der Waals surface area contributed by atoms with Crippen LogP contribution in [0.5, 0.6) is 0 Å². The summed E-state index contributed by atoms with van der Waals surface area (Å²) >= 11 is 0. The Morgan fingerprint density at radius 1 is 1.24 bits per heavy atom. The normalized spacial score (nSPS) is 42.2. The summed E-state index contributed by atoms with van der Waals surface area (Å²) in [5.74, 6) is -1.14. The Balaban J connectivity index is 1.82. The molecule has 8 atom stereocenters. The van der Waals surface area contributed by atoms with Crippen molar-refractivity contribution in [2.24, 2.45) is 40.4 Å². The molecule has 0 radical (unpaired) electrons. The van der Waals surface area contributed by atoms with E-state index in [0.29, 0.717) is 24.3 Å². The van der Waals surface area contributed by atoms with Gasteiger partial charge in [0, 0.05) is 5.92 Å². The number of fused-ring (bicyclic) bond motifs is 3. The fraction of sp³-hybridized carbons (Fsp3) is 0.786. The summed E-state index contributed by atoms with van der Waals surface area (Å²) in [5.41, 5.74) is -2.63. The van der Waals surface area contributed by atoms with E-state index in [0.717, 1.165) is 19.3 Å². The molecule has 2 fully saturated rings. The quantitative estimate of drug-likeness (QED) is 0.385. The molecule has 4 aliphatic carbocycles. The van der Waals surface area contributed by atoms with Gasteiger partial charge in [0.05, 0.1) is 17.9 Å². The lowest BCUT2D eigenvalue weighted by Crippen LogP contribution is -2.66. The van der Waals surface area contributed by atoms with Crippen LogP contribution in [-0.4, -0.2) is 51.5 Å². The zero-order valence-corrected chi connectivity index (χ0v) is 21.5. The van der Waals surface area contributed by atoms with E-state index in [1.54, 1.807) is 19.1 Å². The average Bonchev–Trinajstić information content (AvgIpc) is 3.27. The van der Waals surface area contributed by atoms with Crippen molar-refractivity contribution in [3.8, 4) is 0 Å². The molecule has 0 aromatic carbocycles. The smallest absolute Gasteiger partial charge is 0.309 e.